The zero-order valence-electron chi connectivity index (χ0n) is 12.6. The van der Waals surface area contributed by atoms with Gasteiger partial charge in [0.1, 0.15) is 5.82 Å². The fourth-order valence-electron chi connectivity index (χ4n) is 2.97. The summed E-state index contributed by atoms with van der Waals surface area (Å²) in [5.41, 5.74) is 0.731. The maximum Gasteiger partial charge on any atom is 0.257 e. The van der Waals surface area contributed by atoms with Crippen molar-refractivity contribution in [3.8, 4) is 0 Å². The molecule has 0 unspecified atom stereocenters. The van der Waals surface area contributed by atoms with Crippen LogP contribution < -0.4 is 4.90 Å². The second kappa shape index (κ2) is 6.43. The lowest BCUT2D eigenvalue weighted by Gasteiger charge is -2.33. The van der Waals surface area contributed by atoms with Crippen LogP contribution in [-0.4, -0.2) is 55.2 Å². The molecule has 5 nitrogen and oxygen atoms in total. The van der Waals surface area contributed by atoms with Crippen molar-refractivity contribution in [1.82, 2.24) is 9.88 Å². The molecule has 2 fully saturated rings. The molecule has 21 heavy (non-hydrogen) atoms. The fraction of sp³-hybridized carbons (Fsp3) is 0.625. The van der Waals surface area contributed by atoms with Gasteiger partial charge in [-0.05, 0) is 30.9 Å². The van der Waals surface area contributed by atoms with Crippen molar-refractivity contribution in [2.75, 3.05) is 44.3 Å². The van der Waals surface area contributed by atoms with E-state index in [4.69, 9.17) is 4.74 Å². The molecule has 0 aromatic carbocycles. The average molecular weight is 289 g/mol. The Kier molecular flexibility index (Phi) is 4.39. The number of piperidine rings is 1. The van der Waals surface area contributed by atoms with Crippen molar-refractivity contribution in [2.24, 2.45) is 5.92 Å². The number of carbonyl (C=O) groups excluding carboxylic acids is 1. The molecule has 2 aliphatic rings. The van der Waals surface area contributed by atoms with Crippen LogP contribution in [0, 0.1) is 5.92 Å². The normalized spacial score (nSPS) is 20.6. The van der Waals surface area contributed by atoms with Crippen LogP contribution in [0.3, 0.4) is 0 Å². The van der Waals surface area contributed by atoms with Crippen LogP contribution in [0.1, 0.15) is 30.1 Å². The molecule has 2 saturated heterocycles. The zero-order chi connectivity index (χ0) is 14.7. The Bertz CT molecular complexity index is 492. The number of ether oxygens (including phenoxy) is 1. The number of anilines is 1. The van der Waals surface area contributed by atoms with Gasteiger partial charge >= 0.3 is 0 Å². The van der Waals surface area contributed by atoms with Crippen molar-refractivity contribution < 1.29 is 9.53 Å². The Labute approximate surface area is 125 Å². The van der Waals surface area contributed by atoms with Gasteiger partial charge in [-0.2, -0.15) is 0 Å². The molecule has 1 aromatic heterocycles. The molecule has 1 amide bonds. The van der Waals surface area contributed by atoms with Crippen LogP contribution in [0.2, 0.25) is 0 Å². The lowest BCUT2D eigenvalue weighted by atomic mass is 9.98. The van der Waals surface area contributed by atoms with Gasteiger partial charge in [-0.25, -0.2) is 4.98 Å². The van der Waals surface area contributed by atoms with Crippen LogP contribution in [0.15, 0.2) is 18.3 Å². The molecule has 0 radical (unpaired) electrons. The summed E-state index contributed by atoms with van der Waals surface area (Å²) in [5, 5.41) is 0. The Morgan fingerprint density at radius 2 is 1.95 bits per heavy atom. The third-order valence-corrected chi connectivity index (χ3v) is 4.40. The van der Waals surface area contributed by atoms with E-state index in [1.165, 1.54) is 0 Å². The van der Waals surface area contributed by atoms with E-state index in [2.05, 4.69) is 16.8 Å². The first-order chi connectivity index (χ1) is 10.3. The molecule has 114 valence electrons. The quantitative estimate of drug-likeness (QED) is 0.833. The Morgan fingerprint density at radius 3 is 2.67 bits per heavy atom. The summed E-state index contributed by atoms with van der Waals surface area (Å²) in [6.07, 6.45) is 3.96. The fourth-order valence-corrected chi connectivity index (χ4v) is 2.97. The summed E-state index contributed by atoms with van der Waals surface area (Å²) in [7, 11) is 0. The van der Waals surface area contributed by atoms with Crippen LogP contribution in [0.5, 0.6) is 0 Å². The number of amides is 1. The number of likely N-dealkylation sites (tertiary alicyclic amines) is 1. The van der Waals surface area contributed by atoms with E-state index >= 15 is 0 Å². The van der Waals surface area contributed by atoms with Crippen LogP contribution >= 0.6 is 0 Å². The van der Waals surface area contributed by atoms with E-state index in [0.29, 0.717) is 13.2 Å². The number of rotatable bonds is 2. The molecule has 3 rings (SSSR count). The number of hydrogen-bond acceptors (Lipinski definition) is 4. The third-order valence-electron chi connectivity index (χ3n) is 4.40. The van der Waals surface area contributed by atoms with Gasteiger partial charge in [-0.3, -0.25) is 4.79 Å². The molecule has 0 aliphatic carbocycles. The minimum absolute atomic E-state index is 0.122. The molecule has 0 bridgehead atoms. The van der Waals surface area contributed by atoms with Gasteiger partial charge in [0.05, 0.1) is 18.8 Å². The number of pyridine rings is 1. The lowest BCUT2D eigenvalue weighted by molar-refractivity contribution is 0.0696. The number of aromatic nitrogens is 1. The second-order valence-corrected chi connectivity index (χ2v) is 5.95. The molecule has 0 atom stereocenters. The van der Waals surface area contributed by atoms with Crippen molar-refractivity contribution in [1.29, 1.82) is 0 Å². The van der Waals surface area contributed by atoms with Gasteiger partial charge in [-0.1, -0.05) is 6.92 Å². The van der Waals surface area contributed by atoms with Gasteiger partial charge < -0.3 is 14.5 Å². The van der Waals surface area contributed by atoms with Gasteiger partial charge in [0, 0.05) is 32.4 Å². The summed E-state index contributed by atoms with van der Waals surface area (Å²) >= 11 is 0. The maximum atomic E-state index is 12.8. The molecular formula is C16H23N3O2. The van der Waals surface area contributed by atoms with Crippen molar-refractivity contribution in [3.63, 3.8) is 0 Å². The maximum absolute atomic E-state index is 12.8. The summed E-state index contributed by atoms with van der Waals surface area (Å²) in [6, 6.07) is 3.75. The van der Waals surface area contributed by atoms with E-state index in [1.807, 2.05) is 17.0 Å². The molecule has 1 aromatic rings. The van der Waals surface area contributed by atoms with Crippen molar-refractivity contribution in [3.05, 3.63) is 23.9 Å². The summed E-state index contributed by atoms with van der Waals surface area (Å²) in [6.45, 7) is 6.97. The van der Waals surface area contributed by atoms with Gasteiger partial charge in [-0.15, -0.1) is 0 Å². The second-order valence-electron chi connectivity index (χ2n) is 5.95. The highest BCUT2D eigenvalue weighted by Crippen LogP contribution is 2.23. The first-order valence-corrected chi connectivity index (χ1v) is 7.82. The molecule has 0 saturated carbocycles. The predicted molar refractivity (Wildman–Crippen MR) is 81.6 cm³/mol. The molecule has 2 aliphatic heterocycles. The molecular weight excluding hydrogens is 266 g/mol. The first-order valence-electron chi connectivity index (χ1n) is 7.82. The lowest BCUT2D eigenvalue weighted by Crippen LogP contribution is -2.41. The molecule has 3 heterocycles. The molecule has 5 heteroatoms. The summed E-state index contributed by atoms with van der Waals surface area (Å²) in [5.74, 6) is 1.66. The highest BCUT2D eigenvalue weighted by molar-refractivity contribution is 5.99. The third kappa shape index (κ3) is 3.18. The number of carbonyl (C=O) groups is 1. The van der Waals surface area contributed by atoms with Gasteiger partial charge in [0.15, 0.2) is 0 Å². The van der Waals surface area contributed by atoms with Crippen molar-refractivity contribution in [2.45, 2.75) is 19.8 Å². The Morgan fingerprint density at radius 1 is 1.24 bits per heavy atom. The highest BCUT2D eigenvalue weighted by Gasteiger charge is 2.26. The van der Waals surface area contributed by atoms with E-state index < -0.39 is 0 Å². The summed E-state index contributed by atoms with van der Waals surface area (Å²) < 4.78 is 5.38. The van der Waals surface area contributed by atoms with Crippen LogP contribution in [0.25, 0.3) is 0 Å². The minimum Gasteiger partial charge on any atom is -0.378 e. The topological polar surface area (TPSA) is 45.7 Å². The van der Waals surface area contributed by atoms with Gasteiger partial charge in [0.2, 0.25) is 0 Å². The minimum atomic E-state index is 0.122. The van der Waals surface area contributed by atoms with E-state index in [9.17, 15) is 4.79 Å². The monoisotopic (exact) mass is 289 g/mol. The number of morpholine rings is 1. The zero-order valence-corrected chi connectivity index (χ0v) is 12.6. The largest absolute Gasteiger partial charge is 0.378 e. The van der Waals surface area contributed by atoms with E-state index in [0.717, 1.165) is 56.3 Å². The average Bonchev–Trinajstić information content (AvgIpc) is 2.56. The van der Waals surface area contributed by atoms with E-state index in [-0.39, 0.29) is 5.91 Å². The number of hydrogen-bond donors (Lipinski definition) is 0. The molecule has 0 N–H and O–H groups in total. The molecule has 0 spiro atoms. The smallest absolute Gasteiger partial charge is 0.257 e. The Hall–Kier alpha value is -1.62. The van der Waals surface area contributed by atoms with Gasteiger partial charge in [0.25, 0.3) is 5.91 Å². The first kappa shape index (κ1) is 14.3. The highest BCUT2D eigenvalue weighted by atomic mass is 16.5. The van der Waals surface area contributed by atoms with Crippen molar-refractivity contribution >= 4 is 11.7 Å². The van der Waals surface area contributed by atoms with E-state index in [1.54, 1.807) is 6.20 Å². The summed E-state index contributed by atoms with van der Waals surface area (Å²) in [4.78, 5) is 21.4. The Balaban J connectivity index is 1.79. The standard InChI is InChI=1S/C16H23N3O2/c1-13-4-7-19(8-5-13)16(20)14-3-2-6-17-15(14)18-9-11-21-12-10-18/h2-3,6,13H,4-5,7-12H2,1H3. The van der Waals surface area contributed by atoms with Crippen LogP contribution in [0.4, 0.5) is 5.82 Å². The van der Waals surface area contributed by atoms with Crippen LogP contribution in [-0.2, 0) is 4.74 Å². The number of nitrogens with zero attached hydrogens (tertiary/aromatic N) is 3. The predicted octanol–water partition coefficient (Wildman–Crippen LogP) is 1.79. The SMILES string of the molecule is CC1CCN(C(=O)c2cccnc2N2CCOCC2)CC1.